The van der Waals surface area contributed by atoms with Crippen molar-refractivity contribution in [1.82, 2.24) is 4.90 Å². The maximum atomic E-state index is 13.5. The molecule has 2 aliphatic rings. The number of ether oxygens (including phenoxy) is 1. The molecule has 0 N–H and O–H groups in total. The fourth-order valence-corrected chi connectivity index (χ4v) is 3.65. The zero-order valence-electron chi connectivity index (χ0n) is 15.3. The number of rotatable bonds is 2. The maximum Gasteiger partial charge on any atom is 0.325 e. The Bertz CT molecular complexity index is 630. The molecule has 1 fully saturated rings. The molecule has 4 nitrogen and oxygen atoms in total. The van der Waals surface area contributed by atoms with Gasteiger partial charge in [-0.15, -0.1) is 0 Å². The Hall–Kier alpha value is -1.81. The fourth-order valence-electron chi connectivity index (χ4n) is 3.65. The largest absolute Gasteiger partial charge is 0.372 e. The van der Waals surface area contributed by atoms with Crippen molar-refractivity contribution in [1.29, 1.82) is 0 Å². The van der Waals surface area contributed by atoms with Crippen LogP contribution >= 0.6 is 0 Å². The van der Waals surface area contributed by atoms with Crippen LogP contribution in [-0.2, 0) is 4.74 Å². The third-order valence-corrected chi connectivity index (χ3v) is 5.49. The number of benzene rings is 1. The summed E-state index contributed by atoms with van der Waals surface area (Å²) in [5, 5.41) is 0. The van der Waals surface area contributed by atoms with Gasteiger partial charge in [0.1, 0.15) is 0 Å². The van der Waals surface area contributed by atoms with E-state index in [4.69, 9.17) is 4.74 Å². The first-order chi connectivity index (χ1) is 11.2. The molecule has 3 atom stereocenters. The first-order valence-corrected chi connectivity index (χ1v) is 8.74. The van der Waals surface area contributed by atoms with E-state index < -0.39 is 0 Å². The Balaban J connectivity index is 1.97. The SMILES string of the molecule is C[C@@H]1CN(C(=O)N(c2ccccc2)C2(C)C=CC2(C)C)C[C@H](C)O1. The van der Waals surface area contributed by atoms with E-state index in [1.165, 1.54) is 0 Å². The van der Waals surface area contributed by atoms with Crippen LogP contribution < -0.4 is 4.90 Å². The molecule has 3 rings (SSSR count). The molecule has 1 aromatic carbocycles. The molecule has 0 saturated carbocycles. The van der Waals surface area contributed by atoms with Crippen molar-refractivity contribution < 1.29 is 9.53 Å². The fraction of sp³-hybridized carbons (Fsp3) is 0.550. The molecule has 24 heavy (non-hydrogen) atoms. The Morgan fingerprint density at radius 1 is 1.08 bits per heavy atom. The number of carbonyl (C=O) groups excluding carboxylic acids is 1. The van der Waals surface area contributed by atoms with Gasteiger partial charge in [-0.1, -0.05) is 44.2 Å². The number of nitrogens with zero attached hydrogens (tertiary/aromatic N) is 2. The van der Waals surface area contributed by atoms with E-state index in [0.717, 1.165) is 5.69 Å². The number of amides is 2. The Labute approximate surface area is 145 Å². The molecule has 0 radical (unpaired) electrons. The average molecular weight is 328 g/mol. The molecule has 0 aromatic heterocycles. The van der Waals surface area contributed by atoms with E-state index in [-0.39, 0.29) is 29.2 Å². The number of carbonyl (C=O) groups is 1. The van der Waals surface area contributed by atoms with Crippen molar-refractivity contribution in [2.75, 3.05) is 18.0 Å². The van der Waals surface area contributed by atoms with Crippen molar-refractivity contribution in [3.05, 3.63) is 42.5 Å². The van der Waals surface area contributed by atoms with E-state index in [9.17, 15) is 4.79 Å². The third kappa shape index (κ3) is 2.73. The van der Waals surface area contributed by atoms with Gasteiger partial charge in [-0.25, -0.2) is 4.79 Å². The molecule has 0 spiro atoms. The van der Waals surface area contributed by atoms with Crippen molar-refractivity contribution in [3.8, 4) is 0 Å². The van der Waals surface area contributed by atoms with Crippen LogP contribution in [0.5, 0.6) is 0 Å². The molecule has 1 aliphatic heterocycles. The van der Waals surface area contributed by atoms with Crippen LogP contribution in [0.2, 0.25) is 0 Å². The van der Waals surface area contributed by atoms with Crippen molar-refractivity contribution in [2.45, 2.75) is 52.4 Å². The minimum atomic E-state index is -0.337. The first-order valence-electron chi connectivity index (χ1n) is 8.74. The van der Waals surface area contributed by atoms with Crippen molar-refractivity contribution >= 4 is 11.7 Å². The van der Waals surface area contributed by atoms with Crippen LogP contribution in [0.25, 0.3) is 0 Å². The Kier molecular flexibility index (Phi) is 4.20. The van der Waals surface area contributed by atoms with Crippen LogP contribution in [0.1, 0.15) is 34.6 Å². The monoisotopic (exact) mass is 328 g/mol. The van der Waals surface area contributed by atoms with Crippen LogP contribution in [-0.4, -0.2) is 41.8 Å². The number of hydrogen-bond acceptors (Lipinski definition) is 2. The molecule has 4 heteroatoms. The minimum absolute atomic E-state index is 0.0584. The molecule has 2 amide bonds. The topological polar surface area (TPSA) is 32.8 Å². The second-order valence-corrected chi connectivity index (χ2v) is 7.82. The number of para-hydroxylation sites is 1. The number of hydrogen-bond donors (Lipinski definition) is 0. The molecular formula is C20H28N2O2. The number of anilines is 1. The summed E-state index contributed by atoms with van der Waals surface area (Å²) in [7, 11) is 0. The lowest BCUT2D eigenvalue weighted by molar-refractivity contribution is -0.0543. The smallest absolute Gasteiger partial charge is 0.325 e. The summed E-state index contributed by atoms with van der Waals surface area (Å²) in [5.74, 6) is 0. The molecule has 1 aromatic rings. The molecule has 1 unspecified atom stereocenters. The predicted octanol–water partition coefficient (Wildman–Crippen LogP) is 4.08. The van der Waals surface area contributed by atoms with Crippen LogP contribution in [0, 0.1) is 5.41 Å². The highest BCUT2D eigenvalue weighted by Crippen LogP contribution is 2.48. The molecule has 130 valence electrons. The first kappa shape index (κ1) is 17.0. The maximum absolute atomic E-state index is 13.5. The van der Waals surface area contributed by atoms with Crippen LogP contribution in [0.15, 0.2) is 42.5 Å². The van der Waals surface area contributed by atoms with Crippen LogP contribution in [0.4, 0.5) is 10.5 Å². The molecule has 1 heterocycles. The van der Waals surface area contributed by atoms with Gasteiger partial charge in [-0.05, 0) is 32.9 Å². The zero-order chi connectivity index (χ0) is 17.5. The van der Waals surface area contributed by atoms with Crippen molar-refractivity contribution in [2.24, 2.45) is 5.41 Å². The average Bonchev–Trinajstić information content (AvgIpc) is 2.54. The summed E-state index contributed by atoms with van der Waals surface area (Å²) in [4.78, 5) is 17.4. The second kappa shape index (κ2) is 5.92. The minimum Gasteiger partial charge on any atom is -0.372 e. The second-order valence-electron chi connectivity index (χ2n) is 7.82. The summed E-state index contributed by atoms with van der Waals surface area (Å²) in [6.07, 6.45) is 4.45. The number of urea groups is 1. The van der Waals surface area contributed by atoms with E-state index in [1.807, 2.05) is 54.0 Å². The van der Waals surface area contributed by atoms with Gasteiger partial charge in [0.2, 0.25) is 0 Å². The predicted molar refractivity (Wildman–Crippen MR) is 97.2 cm³/mol. The molecule has 0 bridgehead atoms. The summed E-state index contributed by atoms with van der Waals surface area (Å²) in [6, 6.07) is 10.0. The normalized spacial score (nSPS) is 31.5. The van der Waals surface area contributed by atoms with Gasteiger partial charge < -0.3 is 9.64 Å². The summed E-state index contributed by atoms with van der Waals surface area (Å²) >= 11 is 0. The van der Waals surface area contributed by atoms with Gasteiger partial charge in [0.15, 0.2) is 0 Å². The molecule has 1 aliphatic carbocycles. The highest BCUT2D eigenvalue weighted by atomic mass is 16.5. The highest BCUT2D eigenvalue weighted by molar-refractivity contribution is 5.95. The van der Waals surface area contributed by atoms with E-state index in [1.54, 1.807) is 0 Å². The van der Waals surface area contributed by atoms with Gasteiger partial charge in [0, 0.05) is 24.2 Å². The standard InChI is InChI=1S/C20H28N2O2/c1-15-13-21(14-16(2)24-15)18(23)22(17-9-7-6-8-10-17)20(5)12-11-19(20,3)4/h6-12,15-16H,13-14H2,1-5H3/t15-,16+,20?. The summed E-state index contributed by atoms with van der Waals surface area (Å²) < 4.78 is 5.79. The highest BCUT2D eigenvalue weighted by Gasteiger charge is 2.51. The quantitative estimate of drug-likeness (QED) is 0.767. The zero-order valence-corrected chi connectivity index (χ0v) is 15.3. The van der Waals surface area contributed by atoms with E-state index in [2.05, 4.69) is 32.9 Å². The van der Waals surface area contributed by atoms with E-state index in [0.29, 0.717) is 13.1 Å². The lowest BCUT2D eigenvalue weighted by atomic mass is 9.63. The third-order valence-electron chi connectivity index (χ3n) is 5.49. The molecular weight excluding hydrogens is 300 g/mol. The Morgan fingerprint density at radius 2 is 1.67 bits per heavy atom. The van der Waals surface area contributed by atoms with E-state index >= 15 is 0 Å². The lowest BCUT2D eigenvalue weighted by Gasteiger charge is -2.55. The van der Waals surface area contributed by atoms with Crippen LogP contribution in [0.3, 0.4) is 0 Å². The number of morpholine rings is 1. The van der Waals surface area contributed by atoms with Crippen molar-refractivity contribution in [3.63, 3.8) is 0 Å². The Morgan fingerprint density at radius 3 is 2.12 bits per heavy atom. The van der Waals surface area contributed by atoms with Gasteiger partial charge in [-0.3, -0.25) is 4.90 Å². The molecule has 1 saturated heterocycles. The van der Waals surface area contributed by atoms with Gasteiger partial charge in [0.25, 0.3) is 0 Å². The lowest BCUT2D eigenvalue weighted by Crippen LogP contribution is -2.65. The van der Waals surface area contributed by atoms with Gasteiger partial charge >= 0.3 is 6.03 Å². The van der Waals surface area contributed by atoms with Gasteiger partial charge in [0.05, 0.1) is 17.7 Å². The van der Waals surface area contributed by atoms with Gasteiger partial charge in [-0.2, -0.15) is 0 Å². The summed E-state index contributed by atoms with van der Waals surface area (Å²) in [6.45, 7) is 11.8. The summed E-state index contributed by atoms with van der Waals surface area (Å²) in [5.41, 5.74) is 0.535.